The number of urea groups is 1. The standard InChI is InChI=1S/C12H15N3OS/c1-4-13-11(16)15-12-14-10-8(3)7(2)5-6-9(10)17-12/h5-6H,4H2,1-3H3,(H2,13,14,15,16). The molecule has 0 atom stereocenters. The number of anilines is 1. The molecular weight excluding hydrogens is 234 g/mol. The van der Waals surface area contributed by atoms with Gasteiger partial charge in [0.2, 0.25) is 0 Å². The summed E-state index contributed by atoms with van der Waals surface area (Å²) in [5.41, 5.74) is 3.36. The summed E-state index contributed by atoms with van der Waals surface area (Å²) >= 11 is 1.49. The molecular formula is C12H15N3OS. The van der Waals surface area contributed by atoms with Crippen LogP contribution in [0, 0.1) is 13.8 Å². The number of carbonyl (C=O) groups is 1. The minimum Gasteiger partial charge on any atom is -0.338 e. The van der Waals surface area contributed by atoms with E-state index < -0.39 is 0 Å². The molecule has 0 fully saturated rings. The van der Waals surface area contributed by atoms with Crippen molar-refractivity contribution in [2.24, 2.45) is 0 Å². The molecule has 0 saturated heterocycles. The third-order valence-electron chi connectivity index (χ3n) is 2.64. The largest absolute Gasteiger partial charge is 0.338 e. The number of fused-ring (bicyclic) bond motifs is 1. The Morgan fingerprint density at radius 2 is 2.18 bits per heavy atom. The molecule has 0 radical (unpaired) electrons. The summed E-state index contributed by atoms with van der Waals surface area (Å²) in [6, 6.07) is 3.91. The Morgan fingerprint density at radius 1 is 1.41 bits per heavy atom. The summed E-state index contributed by atoms with van der Waals surface area (Å²) in [6.45, 7) is 6.60. The zero-order valence-electron chi connectivity index (χ0n) is 10.1. The number of nitrogens with one attached hydrogen (secondary N) is 2. The highest BCUT2D eigenvalue weighted by molar-refractivity contribution is 7.22. The molecule has 2 rings (SSSR count). The van der Waals surface area contributed by atoms with Crippen LogP contribution in [0.1, 0.15) is 18.1 Å². The minimum atomic E-state index is -0.207. The van der Waals surface area contributed by atoms with Gasteiger partial charge in [-0.2, -0.15) is 0 Å². The minimum absolute atomic E-state index is 0.207. The van der Waals surface area contributed by atoms with Crippen LogP contribution in [-0.2, 0) is 0 Å². The summed E-state index contributed by atoms with van der Waals surface area (Å²) in [5.74, 6) is 0. The zero-order valence-corrected chi connectivity index (χ0v) is 10.9. The van der Waals surface area contributed by atoms with Crippen molar-refractivity contribution in [3.05, 3.63) is 23.3 Å². The second-order valence-corrected chi connectivity index (χ2v) is 4.89. The average molecular weight is 249 g/mol. The number of carbonyl (C=O) groups excluding carboxylic acids is 1. The van der Waals surface area contributed by atoms with E-state index >= 15 is 0 Å². The molecule has 1 aromatic carbocycles. The lowest BCUT2D eigenvalue weighted by Gasteiger charge is -2.00. The van der Waals surface area contributed by atoms with Gasteiger partial charge in [-0.15, -0.1) is 0 Å². The van der Waals surface area contributed by atoms with Gasteiger partial charge in [0.05, 0.1) is 10.2 Å². The molecule has 0 saturated carbocycles. The quantitative estimate of drug-likeness (QED) is 0.859. The highest BCUT2D eigenvalue weighted by Crippen LogP contribution is 2.29. The maximum Gasteiger partial charge on any atom is 0.321 e. The van der Waals surface area contributed by atoms with E-state index in [9.17, 15) is 4.79 Å². The van der Waals surface area contributed by atoms with E-state index in [4.69, 9.17) is 0 Å². The molecule has 0 unspecified atom stereocenters. The first-order chi connectivity index (χ1) is 8.11. The van der Waals surface area contributed by atoms with Crippen LogP contribution >= 0.6 is 11.3 Å². The van der Waals surface area contributed by atoms with Gasteiger partial charge in [0.15, 0.2) is 5.13 Å². The normalized spacial score (nSPS) is 10.5. The molecule has 4 nitrogen and oxygen atoms in total. The van der Waals surface area contributed by atoms with Gasteiger partial charge in [-0.25, -0.2) is 9.78 Å². The van der Waals surface area contributed by atoms with Gasteiger partial charge in [0.1, 0.15) is 0 Å². The molecule has 0 aliphatic carbocycles. The molecule has 1 aromatic heterocycles. The first-order valence-electron chi connectivity index (χ1n) is 5.53. The van der Waals surface area contributed by atoms with E-state index in [0.29, 0.717) is 11.7 Å². The van der Waals surface area contributed by atoms with Crippen LogP contribution in [0.2, 0.25) is 0 Å². The third-order valence-corrected chi connectivity index (χ3v) is 3.58. The number of hydrogen-bond acceptors (Lipinski definition) is 3. The maximum absolute atomic E-state index is 11.4. The fourth-order valence-electron chi connectivity index (χ4n) is 1.58. The third kappa shape index (κ3) is 2.39. The monoisotopic (exact) mass is 249 g/mol. The van der Waals surface area contributed by atoms with E-state index in [2.05, 4.69) is 28.6 Å². The summed E-state index contributed by atoms with van der Waals surface area (Å²) < 4.78 is 1.10. The Labute approximate surface area is 104 Å². The van der Waals surface area contributed by atoms with Gasteiger partial charge in [0, 0.05) is 6.54 Å². The number of aromatic nitrogens is 1. The zero-order chi connectivity index (χ0) is 12.4. The van der Waals surface area contributed by atoms with Gasteiger partial charge < -0.3 is 5.32 Å². The Morgan fingerprint density at radius 3 is 2.88 bits per heavy atom. The highest BCUT2D eigenvalue weighted by atomic mass is 32.1. The number of amides is 2. The molecule has 2 amide bonds. The Kier molecular flexibility index (Phi) is 3.28. The fraction of sp³-hybridized carbons (Fsp3) is 0.333. The fourth-order valence-corrected chi connectivity index (χ4v) is 2.50. The lowest BCUT2D eigenvalue weighted by atomic mass is 10.1. The van der Waals surface area contributed by atoms with E-state index in [1.807, 2.05) is 19.9 Å². The van der Waals surface area contributed by atoms with Gasteiger partial charge in [0.25, 0.3) is 0 Å². The van der Waals surface area contributed by atoms with Crippen LogP contribution in [0.4, 0.5) is 9.93 Å². The number of thiazole rings is 1. The second kappa shape index (κ2) is 4.71. The lowest BCUT2D eigenvalue weighted by molar-refractivity contribution is 0.252. The predicted molar refractivity (Wildman–Crippen MR) is 71.8 cm³/mol. The second-order valence-electron chi connectivity index (χ2n) is 3.86. The Hall–Kier alpha value is -1.62. The van der Waals surface area contributed by atoms with Crippen molar-refractivity contribution in [1.29, 1.82) is 0 Å². The van der Waals surface area contributed by atoms with Crippen molar-refractivity contribution in [2.75, 3.05) is 11.9 Å². The molecule has 0 aliphatic heterocycles. The van der Waals surface area contributed by atoms with Gasteiger partial charge in [-0.3, -0.25) is 5.32 Å². The van der Waals surface area contributed by atoms with Crippen LogP contribution in [0.3, 0.4) is 0 Å². The van der Waals surface area contributed by atoms with Gasteiger partial charge in [-0.05, 0) is 38.0 Å². The van der Waals surface area contributed by atoms with Crippen LogP contribution < -0.4 is 10.6 Å². The summed E-state index contributed by atoms with van der Waals surface area (Å²) in [7, 11) is 0. The van der Waals surface area contributed by atoms with Crippen LogP contribution in [0.5, 0.6) is 0 Å². The van der Waals surface area contributed by atoms with Gasteiger partial charge in [-0.1, -0.05) is 17.4 Å². The Balaban J connectivity index is 2.32. The number of aryl methyl sites for hydroxylation is 2. The molecule has 0 spiro atoms. The van der Waals surface area contributed by atoms with Crippen molar-refractivity contribution >= 4 is 32.7 Å². The van der Waals surface area contributed by atoms with Crippen molar-refractivity contribution in [2.45, 2.75) is 20.8 Å². The summed E-state index contributed by atoms with van der Waals surface area (Å²) in [4.78, 5) is 15.8. The van der Waals surface area contributed by atoms with Crippen LogP contribution in [0.15, 0.2) is 12.1 Å². The number of nitrogens with zero attached hydrogens (tertiary/aromatic N) is 1. The van der Waals surface area contributed by atoms with E-state index in [-0.39, 0.29) is 6.03 Å². The topological polar surface area (TPSA) is 54.0 Å². The molecule has 1 heterocycles. The lowest BCUT2D eigenvalue weighted by Crippen LogP contribution is -2.28. The number of rotatable bonds is 2. The van der Waals surface area contributed by atoms with E-state index in [1.54, 1.807) is 0 Å². The van der Waals surface area contributed by atoms with E-state index in [0.717, 1.165) is 10.2 Å². The van der Waals surface area contributed by atoms with Crippen LogP contribution in [0.25, 0.3) is 10.2 Å². The predicted octanol–water partition coefficient (Wildman–Crippen LogP) is 3.05. The summed E-state index contributed by atoms with van der Waals surface area (Å²) in [5, 5.41) is 6.06. The van der Waals surface area contributed by atoms with Crippen molar-refractivity contribution in [3.63, 3.8) is 0 Å². The molecule has 2 N–H and O–H groups in total. The Bertz CT molecular complexity index is 562. The molecule has 2 aromatic rings. The van der Waals surface area contributed by atoms with Crippen molar-refractivity contribution in [1.82, 2.24) is 10.3 Å². The number of benzene rings is 1. The average Bonchev–Trinajstić information content (AvgIpc) is 2.67. The highest BCUT2D eigenvalue weighted by Gasteiger charge is 2.09. The van der Waals surface area contributed by atoms with E-state index in [1.165, 1.54) is 22.5 Å². The molecule has 0 bridgehead atoms. The first-order valence-corrected chi connectivity index (χ1v) is 6.35. The smallest absolute Gasteiger partial charge is 0.321 e. The molecule has 5 heteroatoms. The SMILES string of the molecule is CCNC(=O)Nc1nc2c(C)c(C)ccc2s1. The van der Waals surface area contributed by atoms with Crippen LogP contribution in [-0.4, -0.2) is 17.6 Å². The molecule has 0 aliphatic rings. The maximum atomic E-state index is 11.4. The van der Waals surface area contributed by atoms with Crippen molar-refractivity contribution in [3.8, 4) is 0 Å². The molecule has 90 valence electrons. The van der Waals surface area contributed by atoms with Gasteiger partial charge >= 0.3 is 6.03 Å². The first kappa shape index (κ1) is 11.9. The molecule has 17 heavy (non-hydrogen) atoms. The van der Waals surface area contributed by atoms with Crippen molar-refractivity contribution < 1.29 is 4.79 Å². The number of hydrogen-bond donors (Lipinski definition) is 2. The summed E-state index contributed by atoms with van der Waals surface area (Å²) in [6.07, 6.45) is 0.